The quantitative estimate of drug-likeness (QED) is 0.692. The molecule has 1 amide bonds. The lowest BCUT2D eigenvalue weighted by molar-refractivity contribution is -0.125. The molecule has 0 aromatic carbocycles. The first-order chi connectivity index (χ1) is 8.48. The number of nitrogens with zero attached hydrogens (tertiary/aromatic N) is 4. The van der Waals surface area contributed by atoms with E-state index in [1.165, 1.54) is 18.8 Å². The van der Waals surface area contributed by atoms with Gasteiger partial charge in [-0.2, -0.15) is 4.90 Å². The molecule has 8 heteroatoms. The standard InChI is InChI=1S/C10H12N6O2/c1-9-6(17)16(8-12-3-4-18-8)7(11)15-10(9,2)14-5-13-9/h3-5H,1-2H3,(H2,11,15)(H,13,14). The van der Waals surface area contributed by atoms with Gasteiger partial charge < -0.3 is 15.5 Å². The van der Waals surface area contributed by atoms with Crippen LogP contribution in [0, 0.1) is 0 Å². The fraction of sp³-hybridized carbons (Fsp3) is 0.400. The van der Waals surface area contributed by atoms with E-state index < -0.39 is 11.2 Å². The Balaban J connectivity index is 2.14. The normalized spacial score (nSPS) is 34.2. The van der Waals surface area contributed by atoms with Gasteiger partial charge in [0.15, 0.2) is 11.2 Å². The number of hydrogen-bond donors (Lipinski definition) is 2. The van der Waals surface area contributed by atoms with E-state index in [0.29, 0.717) is 0 Å². The van der Waals surface area contributed by atoms with Crippen LogP contribution in [0.25, 0.3) is 0 Å². The summed E-state index contributed by atoms with van der Waals surface area (Å²) in [7, 11) is 0. The van der Waals surface area contributed by atoms with E-state index in [9.17, 15) is 4.79 Å². The topological polar surface area (TPSA) is 109 Å². The minimum atomic E-state index is -0.996. The van der Waals surface area contributed by atoms with Crippen molar-refractivity contribution in [3.8, 4) is 0 Å². The summed E-state index contributed by atoms with van der Waals surface area (Å²) in [6.07, 6.45) is 4.27. The van der Waals surface area contributed by atoms with Crippen LogP contribution in [-0.2, 0) is 4.79 Å². The summed E-state index contributed by atoms with van der Waals surface area (Å²) in [5, 5.41) is 2.92. The number of oxazole rings is 1. The molecule has 0 saturated carbocycles. The molecule has 94 valence electrons. The minimum absolute atomic E-state index is 0.0169. The first-order valence-corrected chi connectivity index (χ1v) is 5.39. The van der Waals surface area contributed by atoms with Crippen molar-refractivity contribution >= 4 is 24.2 Å². The van der Waals surface area contributed by atoms with E-state index in [1.54, 1.807) is 13.8 Å². The Morgan fingerprint density at radius 2 is 2.28 bits per heavy atom. The number of nitrogens with two attached hydrogens (primary N) is 1. The highest BCUT2D eigenvalue weighted by molar-refractivity contribution is 6.20. The fourth-order valence-corrected chi connectivity index (χ4v) is 2.07. The number of guanidine groups is 1. The van der Waals surface area contributed by atoms with E-state index in [-0.39, 0.29) is 17.9 Å². The van der Waals surface area contributed by atoms with E-state index >= 15 is 0 Å². The molecule has 2 atom stereocenters. The average molecular weight is 248 g/mol. The summed E-state index contributed by atoms with van der Waals surface area (Å²) in [4.78, 5) is 26.1. The third-order valence-electron chi connectivity index (χ3n) is 3.42. The molecule has 1 aromatic rings. The lowest BCUT2D eigenvalue weighted by Gasteiger charge is -2.41. The Bertz CT molecular complexity index is 565. The van der Waals surface area contributed by atoms with Crippen molar-refractivity contribution < 1.29 is 9.21 Å². The number of rotatable bonds is 1. The number of aliphatic imine (C=N–C) groups is 2. The van der Waals surface area contributed by atoms with Crippen molar-refractivity contribution in [3.63, 3.8) is 0 Å². The largest absolute Gasteiger partial charge is 0.431 e. The SMILES string of the molecule is CC12N=CNC1(C)C(=O)N(c1ncco1)C(N)=N2. The van der Waals surface area contributed by atoms with Crippen molar-refractivity contribution in [1.82, 2.24) is 10.3 Å². The average Bonchev–Trinajstić information content (AvgIpc) is 2.89. The predicted octanol–water partition coefficient (Wildman–Crippen LogP) is -0.558. The van der Waals surface area contributed by atoms with Crippen molar-refractivity contribution in [3.05, 3.63) is 12.5 Å². The third-order valence-corrected chi connectivity index (χ3v) is 3.42. The maximum Gasteiger partial charge on any atom is 0.311 e. The number of anilines is 1. The molecule has 3 heterocycles. The Kier molecular flexibility index (Phi) is 1.85. The van der Waals surface area contributed by atoms with Gasteiger partial charge in [-0.15, -0.1) is 0 Å². The lowest BCUT2D eigenvalue weighted by atomic mass is 9.86. The summed E-state index contributed by atoms with van der Waals surface area (Å²) >= 11 is 0. The summed E-state index contributed by atoms with van der Waals surface area (Å²) in [5.41, 5.74) is 3.87. The Morgan fingerprint density at radius 3 is 2.94 bits per heavy atom. The molecule has 3 rings (SSSR count). The Morgan fingerprint density at radius 1 is 1.50 bits per heavy atom. The molecular weight excluding hydrogens is 236 g/mol. The second-order valence-electron chi connectivity index (χ2n) is 4.47. The number of aromatic nitrogens is 1. The molecule has 0 saturated heterocycles. The summed E-state index contributed by atoms with van der Waals surface area (Å²) in [6.45, 7) is 3.45. The van der Waals surface area contributed by atoms with Crippen LogP contribution in [-0.4, -0.2) is 34.4 Å². The zero-order valence-electron chi connectivity index (χ0n) is 9.91. The van der Waals surface area contributed by atoms with E-state index in [0.717, 1.165) is 4.90 Å². The molecule has 2 aliphatic rings. The highest BCUT2D eigenvalue weighted by Gasteiger charge is 2.59. The monoisotopic (exact) mass is 248 g/mol. The zero-order chi connectivity index (χ0) is 13.0. The summed E-state index contributed by atoms with van der Waals surface area (Å²) in [5.74, 6) is -0.291. The predicted molar refractivity (Wildman–Crippen MR) is 64.0 cm³/mol. The molecule has 3 N–H and O–H groups in total. The molecule has 0 spiro atoms. The maximum atomic E-state index is 12.6. The molecule has 0 radical (unpaired) electrons. The number of amides is 1. The second kappa shape index (κ2) is 3.09. The fourth-order valence-electron chi connectivity index (χ4n) is 2.07. The molecule has 1 aromatic heterocycles. The molecule has 18 heavy (non-hydrogen) atoms. The van der Waals surface area contributed by atoms with Gasteiger partial charge in [0.2, 0.25) is 5.96 Å². The van der Waals surface area contributed by atoms with Crippen LogP contribution >= 0.6 is 0 Å². The molecule has 0 fully saturated rings. The van der Waals surface area contributed by atoms with Crippen molar-refractivity contribution in [2.75, 3.05) is 4.90 Å². The van der Waals surface area contributed by atoms with Crippen molar-refractivity contribution in [2.24, 2.45) is 15.7 Å². The van der Waals surface area contributed by atoms with Gasteiger partial charge >= 0.3 is 6.01 Å². The van der Waals surface area contributed by atoms with E-state index in [1.807, 2.05) is 0 Å². The minimum Gasteiger partial charge on any atom is -0.431 e. The first kappa shape index (κ1) is 10.8. The lowest BCUT2D eigenvalue weighted by Crippen LogP contribution is -2.69. The van der Waals surface area contributed by atoms with Crippen LogP contribution in [0.5, 0.6) is 0 Å². The Labute approximate surface area is 103 Å². The molecule has 0 aliphatic carbocycles. The van der Waals surface area contributed by atoms with Crippen LogP contribution < -0.4 is 16.0 Å². The molecule has 0 bridgehead atoms. The van der Waals surface area contributed by atoms with Gasteiger partial charge in [-0.25, -0.2) is 15.0 Å². The van der Waals surface area contributed by atoms with E-state index in [4.69, 9.17) is 10.2 Å². The number of fused-ring (bicyclic) bond motifs is 1. The van der Waals surface area contributed by atoms with Gasteiger partial charge in [-0.05, 0) is 13.8 Å². The maximum absolute atomic E-state index is 12.6. The number of nitrogens with one attached hydrogen (secondary N) is 1. The second-order valence-corrected chi connectivity index (χ2v) is 4.47. The number of hydrogen-bond acceptors (Lipinski definition) is 7. The van der Waals surface area contributed by atoms with Gasteiger partial charge in [-0.3, -0.25) is 4.79 Å². The van der Waals surface area contributed by atoms with Crippen molar-refractivity contribution in [2.45, 2.75) is 25.0 Å². The van der Waals surface area contributed by atoms with Gasteiger partial charge in [0.1, 0.15) is 6.26 Å². The summed E-state index contributed by atoms with van der Waals surface area (Å²) in [6, 6.07) is 0.0956. The molecular formula is C10H12N6O2. The van der Waals surface area contributed by atoms with Crippen LogP contribution in [0.15, 0.2) is 26.9 Å². The smallest absolute Gasteiger partial charge is 0.311 e. The summed E-state index contributed by atoms with van der Waals surface area (Å²) < 4.78 is 5.10. The van der Waals surface area contributed by atoms with Gasteiger partial charge in [0, 0.05) is 0 Å². The molecule has 2 aliphatic heterocycles. The van der Waals surface area contributed by atoms with Crippen LogP contribution in [0.2, 0.25) is 0 Å². The van der Waals surface area contributed by atoms with Gasteiger partial charge in [0.25, 0.3) is 5.91 Å². The first-order valence-electron chi connectivity index (χ1n) is 5.39. The number of carbonyl (C=O) groups excluding carboxylic acids is 1. The molecule has 8 nitrogen and oxygen atoms in total. The Hall–Kier alpha value is -2.38. The van der Waals surface area contributed by atoms with Crippen molar-refractivity contribution in [1.29, 1.82) is 0 Å². The highest BCUT2D eigenvalue weighted by atomic mass is 16.4. The van der Waals surface area contributed by atoms with Gasteiger partial charge in [0.05, 0.1) is 12.5 Å². The zero-order valence-corrected chi connectivity index (χ0v) is 9.91. The van der Waals surface area contributed by atoms with Crippen LogP contribution in [0.4, 0.5) is 6.01 Å². The number of carbonyl (C=O) groups is 1. The van der Waals surface area contributed by atoms with Gasteiger partial charge in [-0.1, -0.05) is 0 Å². The van der Waals surface area contributed by atoms with Crippen LogP contribution in [0.1, 0.15) is 13.8 Å². The highest BCUT2D eigenvalue weighted by Crippen LogP contribution is 2.36. The van der Waals surface area contributed by atoms with Crippen LogP contribution in [0.3, 0.4) is 0 Å². The molecule has 2 unspecified atom stereocenters. The third kappa shape index (κ3) is 1.09. The van der Waals surface area contributed by atoms with E-state index in [2.05, 4.69) is 20.3 Å².